The van der Waals surface area contributed by atoms with Crippen molar-refractivity contribution in [3.05, 3.63) is 87.3 Å². The van der Waals surface area contributed by atoms with Crippen LogP contribution < -0.4 is 11.1 Å². The molecule has 1 amide bonds. The Kier molecular flexibility index (Phi) is 9.12. The molecule has 2 rings (SSSR count). The van der Waals surface area contributed by atoms with Crippen molar-refractivity contribution >= 4 is 54.2 Å². The van der Waals surface area contributed by atoms with Crippen LogP contribution in [0.3, 0.4) is 0 Å². The second-order valence-corrected chi connectivity index (χ2v) is 7.20. The topological polar surface area (TPSA) is 92.2 Å². The Morgan fingerprint density at radius 2 is 1.94 bits per heavy atom. The van der Waals surface area contributed by atoms with E-state index in [1.807, 2.05) is 0 Å². The molecule has 0 aliphatic heterocycles. The fourth-order valence-electron chi connectivity index (χ4n) is 2.52. The first kappa shape index (κ1) is 24.0. The summed E-state index contributed by atoms with van der Waals surface area (Å²) in [4.78, 5) is 24.3. The standard InChI is InChI=1S/C22H20Cl2FN5O/c1-14(23)3-9-20(27-2)21(15-4-7-17(24)8-5-15)30-22(31)16-6-10-19(18(25)11-16)29-13-28-12-26/h3-13,21H,2H2,1H3,(H,30,31)(H2,26,28,29)/b14-3+,20-9-/t21-/m0/s1. The lowest BCUT2D eigenvalue weighted by Crippen LogP contribution is -2.29. The molecule has 0 radical (unpaired) electrons. The number of nitrogens with two attached hydrogens (primary N) is 1. The van der Waals surface area contributed by atoms with Crippen molar-refractivity contribution < 1.29 is 9.18 Å². The van der Waals surface area contributed by atoms with Gasteiger partial charge in [0.1, 0.15) is 17.8 Å². The van der Waals surface area contributed by atoms with Crippen LogP contribution in [0.15, 0.2) is 80.3 Å². The first-order valence-corrected chi connectivity index (χ1v) is 9.73. The van der Waals surface area contributed by atoms with Gasteiger partial charge >= 0.3 is 0 Å². The van der Waals surface area contributed by atoms with E-state index in [1.54, 1.807) is 43.3 Å². The molecule has 1 atom stereocenters. The Morgan fingerprint density at radius 1 is 1.23 bits per heavy atom. The molecule has 0 bridgehead atoms. The molecule has 0 saturated carbocycles. The average Bonchev–Trinajstić information content (AvgIpc) is 2.75. The molecular weight excluding hydrogens is 440 g/mol. The number of benzene rings is 2. The van der Waals surface area contributed by atoms with E-state index in [0.29, 0.717) is 21.3 Å². The molecule has 0 unspecified atom stereocenters. The van der Waals surface area contributed by atoms with E-state index in [1.165, 1.54) is 12.1 Å². The highest BCUT2D eigenvalue weighted by molar-refractivity contribution is 6.30. The van der Waals surface area contributed by atoms with Gasteiger partial charge in [-0.15, -0.1) is 0 Å². The van der Waals surface area contributed by atoms with E-state index >= 15 is 0 Å². The SMILES string of the molecule is C=N/C(=C\C=C(/C)Cl)[C@@H](NC(=O)c1ccc(N=CN=CN)c(F)c1)c1ccc(Cl)cc1. The smallest absolute Gasteiger partial charge is 0.252 e. The van der Waals surface area contributed by atoms with Gasteiger partial charge in [-0.2, -0.15) is 0 Å². The van der Waals surface area contributed by atoms with Crippen LogP contribution in [-0.2, 0) is 0 Å². The molecule has 9 heteroatoms. The van der Waals surface area contributed by atoms with Crippen LogP contribution in [0.1, 0.15) is 28.9 Å². The molecule has 2 aromatic carbocycles. The van der Waals surface area contributed by atoms with Crippen molar-refractivity contribution in [2.75, 3.05) is 0 Å². The monoisotopic (exact) mass is 459 g/mol. The second-order valence-electron chi connectivity index (χ2n) is 6.17. The van der Waals surface area contributed by atoms with Crippen molar-refractivity contribution in [2.24, 2.45) is 20.7 Å². The van der Waals surface area contributed by atoms with E-state index in [4.69, 9.17) is 28.9 Å². The van der Waals surface area contributed by atoms with Gasteiger partial charge in [0.15, 0.2) is 0 Å². The second kappa shape index (κ2) is 11.8. The Hall–Kier alpha value is -3.29. The van der Waals surface area contributed by atoms with Gasteiger partial charge in [-0.3, -0.25) is 9.79 Å². The number of halogens is 3. The Labute approximate surface area is 189 Å². The summed E-state index contributed by atoms with van der Waals surface area (Å²) in [6.07, 6.45) is 5.41. The zero-order valence-electron chi connectivity index (χ0n) is 16.6. The molecule has 0 heterocycles. The maximum absolute atomic E-state index is 14.3. The van der Waals surface area contributed by atoms with Gasteiger partial charge in [-0.05, 0) is 61.7 Å². The largest absolute Gasteiger partial charge is 0.390 e. The van der Waals surface area contributed by atoms with Crippen LogP contribution in [-0.4, -0.2) is 25.3 Å². The van der Waals surface area contributed by atoms with Crippen LogP contribution in [0.4, 0.5) is 10.1 Å². The van der Waals surface area contributed by atoms with Crippen molar-refractivity contribution in [3.63, 3.8) is 0 Å². The summed E-state index contributed by atoms with van der Waals surface area (Å²) in [7, 11) is 0. The summed E-state index contributed by atoms with van der Waals surface area (Å²) >= 11 is 11.9. The quantitative estimate of drug-likeness (QED) is 0.317. The Bertz CT molecular complexity index is 1060. The number of nitrogens with zero attached hydrogens (tertiary/aromatic N) is 3. The highest BCUT2D eigenvalue weighted by Crippen LogP contribution is 2.26. The summed E-state index contributed by atoms with van der Waals surface area (Å²) < 4.78 is 14.3. The molecule has 0 aliphatic rings. The minimum absolute atomic E-state index is 0.0208. The molecular formula is C22H20Cl2FN5O. The predicted molar refractivity (Wildman–Crippen MR) is 126 cm³/mol. The van der Waals surface area contributed by atoms with Crippen LogP contribution in [0.5, 0.6) is 0 Å². The molecule has 0 aromatic heterocycles. The molecule has 0 aliphatic carbocycles. The molecule has 0 fully saturated rings. The Morgan fingerprint density at radius 3 is 2.52 bits per heavy atom. The fourth-order valence-corrected chi connectivity index (χ4v) is 2.71. The van der Waals surface area contributed by atoms with Gasteiger partial charge < -0.3 is 11.1 Å². The number of carbonyl (C=O) groups is 1. The van der Waals surface area contributed by atoms with Crippen LogP contribution in [0.25, 0.3) is 0 Å². The predicted octanol–water partition coefficient (Wildman–Crippen LogP) is 5.32. The third-order valence-corrected chi connectivity index (χ3v) is 4.38. The lowest BCUT2D eigenvalue weighted by Gasteiger charge is -2.20. The zero-order chi connectivity index (χ0) is 22.8. The number of nitrogens with one attached hydrogen (secondary N) is 1. The van der Waals surface area contributed by atoms with E-state index in [2.05, 4.69) is 27.0 Å². The molecule has 3 N–H and O–H groups in total. The molecule has 0 spiro atoms. The Balaban J connectivity index is 2.37. The lowest BCUT2D eigenvalue weighted by atomic mass is 10.0. The summed E-state index contributed by atoms with van der Waals surface area (Å²) in [6.45, 7) is 5.29. The van der Waals surface area contributed by atoms with Gasteiger partial charge in [0.25, 0.3) is 5.91 Å². The van der Waals surface area contributed by atoms with Crippen molar-refractivity contribution in [3.8, 4) is 0 Å². The van der Waals surface area contributed by atoms with Gasteiger partial charge in [-0.25, -0.2) is 14.4 Å². The van der Waals surface area contributed by atoms with Crippen molar-refractivity contribution in [1.29, 1.82) is 0 Å². The number of carbonyl (C=O) groups excluding carboxylic acids is 1. The fraction of sp³-hybridized carbons (Fsp3) is 0.0909. The van der Waals surface area contributed by atoms with Gasteiger partial charge in [0.2, 0.25) is 0 Å². The third kappa shape index (κ3) is 7.16. The van der Waals surface area contributed by atoms with Crippen LogP contribution >= 0.6 is 23.2 Å². The van der Waals surface area contributed by atoms with Crippen LogP contribution in [0.2, 0.25) is 5.02 Å². The number of rotatable bonds is 8. The van der Waals surface area contributed by atoms with Gasteiger partial charge in [0, 0.05) is 15.6 Å². The summed E-state index contributed by atoms with van der Waals surface area (Å²) in [5, 5.41) is 3.91. The zero-order valence-corrected chi connectivity index (χ0v) is 18.1. The number of hydrogen-bond acceptors (Lipinski definition) is 3. The van der Waals surface area contributed by atoms with E-state index in [9.17, 15) is 9.18 Å². The van der Waals surface area contributed by atoms with E-state index in [0.717, 1.165) is 18.7 Å². The van der Waals surface area contributed by atoms with Crippen molar-refractivity contribution in [1.82, 2.24) is 5.32 Å². The van der Waals surface area contributed by atoms with Gasteiger partial charge in [0.05, 0.1) is 18.1 Å². The van der Waals surface area contributed by atoms with Gasteiger partial charge in [-0.1, -0.05) is 35.3 Å². The maximum Gasteiger partial charge on any atom is 0.252 e. The molecule has 6 nitrogen and oxygen atoms in total. The minimum Gasteiger partial charge on any atom is -0.390 e. The van der Waals surface area contributed by atoms with Crippen LogP contribution in [0, 0.1) is 5.82 Å². The first-order valence-electron chi connectivity index (χ1n) is 8.98. The normalized spacial score (nSPS) is 13.5. The van der Waals surface area contributed by atoms with Crippen molar-refractivity contribution in [2.45, 2.75) is 13.0 Å². The first-order chi connectivity index (χ1) is 14.8. The number of allylic oxidation sites excluding steroid dienone is 3. The molecule has 31 heavy (non-hydrogen) atoms. The number of hydrogen-bond donors (Lipinski definition) is 2. The summed E-state index contributed by atoms with van der Waals surface area (Å²) in [5.41, 5.74) is 6.38. The lowest BCUT2D eigenvalue weighted by molar-refractivity contribution is 0.0941. The molecule has 2 aromatic rings. The highest BCUT2D eigenvalue weighted by atomic mass is 35.5. The number of amides is 1. The molecule has 160 valence electrons. The summed E-state index contributed by atoms with van der Waals surface area (Å²) in [5.74, 6) is -1.20. The minimum atomic E-state index is -0.683. The van der Waals surface area contributed by atoms with E-state index in [-0.39, 0.29) is 11.3 Å². The van der Waals surface area contributed by atoms with E-state index < -0.39 is 17.8 Å². The highest BCUT2D eigenvalue weighted by Gasteiger charge is 2.20. The third-order valence-electron chi connectivity index (χ3n) is 4.00. The number of aliphatic imine (C=N–C) groups is 3. The maximum atomic E-state index is 14.3. The average molecular weight is 460 g/mol. The molecule has 0 saturated heterocycles. The summed E-state index contributed by atoms with van der Waals surface area (Å²) in [6, 6.07) is 10.1.